The van der Waals surface area contributed by atoms with Gasteiger partial charge < -0.3 is 5.32 Å². The van der Waals surface area contributed by atoms with Gasteiger partial charge in [-0.2, -0.15) is 4.31 Å². The van der Waals surface area contributed by atoms with Gasteiger partial charge in [-0.15, -0.1) is 11.3 Å². The van der Waals surface area contributed by atoms with Gasteiger partial charge in [0.2, 0.25) is 15.9 Å². The molecular weight excluding hydrogens is 482 g/mol. The molecule has 1 aromatic carbocycles. The summed E-state index contributed by atoms with van der Waals surface area (Å²) in [5.74, 6) is -2.23. The molecule has 2 aromatic heterocycles. The molecule has 0 radical (unpaired) electrons. The summed E-state index contributed by atoms with van der Waals surface area (Å²) < 4.78 is 54.8. The van der Waals surface area contributed by atoms with E-state index in [1.165, 1.54) is 34.1 Å². The van der Waals surface area contributed by atoms with Gasteiger partial charge in [-0.3, -0.25) is 4.79 Å². The van der Waals surface area contributed by atoms with Crippen LogP contribution < -0.4 is 5.32 Å². The van der Waals surface area contributed by atoms with Crippen LogP contribution in [0.5, 0.6) is 0 Å². The number of amides is 1. The highest BCUT2D eigenvalue weighted by Crippen LogP contribution is 2.31. The van der Waals surface area contributed by atoms with Crippen molar-refractivity contribution in [3.05, 3.63) is 58.7 Å². The maximum Gasteiger partial charge on any atom is 0.246 e. The molecule has 1 fully saturated rings. The fourth-order valence-electron chi connectivity index (χ4n) is 3.46. The van der Waals surface area contributed by atoms with Crippen LogP contribution in [0.1, 0.15) is 12.8 Å². The van der Waals surface area contributed by atoms with E-state index in [0.717, 1.165) is 23.5 Å². The molecule has 1 saturated heterocycles. The predicted molar refractivity (Wildman–Crippen MR) is 117 cm³/mol. The zero-order chi connectivity index (χ0) is 22.9. The van der Waals surface area contributed by atoms with Crippen LogP contribution >= 0.6 is 22.9 Å². The Labute approximate surface area is 192 Å². The highest BCUT2D eigenvalue weighted by Gasteiger charge is 2.33. The van der Waals surface area contributed by atoms with Crippen molar-refractivity contribution >= 4 is 44.0 Å². The van der Waals surface area contributed by atoms with Gasteiger partial charge in [0.1, 0.15) is 21.7 Å². The van der Waals surface area contributed by atoms with Gasteiger partial charge in [0.15, 0.2) is 5.13 Å². The molecule has 0 bridgehead atoms. The highest BCUT2D eigenvalue weighted by atomic mass is 35.5. The summed E-state index contributed by atoms with van der Waals surface area (Å²) in [7, 11) is -3.81. The Morgan fingerprint density at radius 3 is 2.50 bits per heavy atom. The van der Waals surface area contributed by atoms with E-state index in [0.29, 0.717) is 12.8 Å². The number of anilines is 1. The van der Waals surface area contributed by atoms with Crippen LogP contribution in [-0.2, 0) is 14.8 Å². The minimum atomic E-state index is -3.81. The number of benzene rings is 1. The third-order valence-electron chi connectivity index (χ3n) is 5.12. The molecule has 32 heavy (non-hydrogen) atoms. The van der Waals surface area contributed by atoms with Crippen molar-refractivity contribution in [1.29, 1.82) is 0 Å². The summed E-state index contributed by atoms with van der Waals surface area (Å²) in [5, 5.41) is 4.24. The second-order valence-corrected chi connectivity index (χ2v) is 10.2. The Kier molecular flexibility index (Phi) is 6.52. The van der Waals surface area contributed by atoms with Crippen molar-refractivity contribution in [1.82, 2.24) is 14.3 Å². The van der Waals surface area contributed by atoms with Crippen LogP contribution in [0.3, 0.4) is 0 Å². The standard InChI is InChI=1S/C20H17ClF2N4O3S2/c21-18-16(5-2-8-24-18)32(29,30)27-9-6-12(7-10-27)19(28)26-20-25-15(11-31-20)17-13(22)3-1-4-14(17)23/h1-5,8,11-12H,6-7,9-10H2,(H,25,26,28). The molecule has 168 valence electrons. The summed E-state index contributed by atoms with van der Waals surface area (Å²) in [6.45, 7) is 0.296. The predicted octanol–water partition coefficient (Wildman–Crippen LogP) is 4.18. The number of sulfonamides is 1. The first-order chi connectivity index (χ1) is 15.3. The number of rotatable bonds is 5. The minimum Gasteiger partial charge on any atom is -0.302 e. The zero-order valence-corrected chi connectivity index (χ0v) is 18.9. The Morgan fingerprint density at radius 1 is 1.16 bits per heavy atom. The normalized spacial score (nSPS) is 15.6. The lowest BCUT2D eigenvalue weighted by molar-refractivity contribution is -0.120. The number of hydrogen-bond donors (Lipinski definition) is 1. The first-order valence-electron chi connectivity index (χ1n) is 9.59. The summed E-state index contributed by atoms with van der Waals surface area (Å²) in [6, 6.07) is 6.42. The molecule has 1 N–H and O–H groups in total. The fraction of sp³-hybridized carbons (Fsp3) is 0.250. The third-order valence-corrected chi connectivity index (χ3v) is 8.22. The average Bonchev–Trinajstić information content (AvgIpc) is 3.21. The molecule has 3 aromatic rings. The van der Waals surface area contributed by atoms with E-state index >= 15 is 0 Å². The molecule has 0 atom stereocenters. The number of piperidine rings is 1. The number of aromatic nitrogens is 2. The van der Waals surface area contributed by atoms with Crippen LogP contribution in [0.15, 0.2) is 46.8 Å². The maximum atomic E-state index is 14.0. The van der Waals surface area contributed by atoms with E-state index in [1.807, 2.05) is 0 Å². The topological polar surface area (TPSA) is 92.3 Å². The van der Waals surface area contributed by atoms with Crippen LogP contribution in [0.2, 0.25) is 5.15 Å². The molecular formula is C20H17ClF2N4O3S2. The summed E-state index contributed by atoms with van der Waals surface area (Å²) in [4.78, 5) is 20.5. The molecule has 1 aliphatic heterocycles. The molecule has 7 nitrogen and oxygen atoms in total. The van der Waals surface area contributed by atoms with Crippen LogP contribution in [0.25, 0.3) is 11.3 Å². The van der Waals surface area contributed by atoms with E-state index < -0.39 is 27.6 Å². The molecule has 1 aliphatic rings. The number of nitrogens with zero attached hydrogens (tertiary/aromatic N) is 3. The highest BCUT2D eigenvalue weighted by molar-refractivity contribution is 7.89. The molecule has 3 heterocycles. The Balaban J connectivity index is 1.40. The summed E-state index contributed by atoms with van der Waals surface area (Å²) in [6.07, 6.45) is 2.02. The molecule has 0 aliphatic carbocycles. The van der Waals surface area contributed by atoms with Gasteiger partial charge in [0.25, 0.3) is 0 Å². The van der Waals surface area contributed by atoms with Crippen molar-refractivity contribution in [2.45, 2.75) is 17.7 Å². The van der Waals surface area contributed by atoms with Crippen LogP contribution in [-0.4, -0.2) is 41.7 Å². The van der Waals surface area contributed by atoms with Crippen molar-refractivity contribution in [2.75, 3.05) is 18.4 Å². The third kappa shape index (κ3) is 4.51. The molecule has 1 amide bonds. The van der Waals surface area contributed by atoms with E-state index in [1.54, 1.807) is 0 Å². The second kappa shape index (κ2) is 9.18. The lowest BCUT2D eigenvalue weighted by Gasteiger charge is -2.30. The first kappa shape index (κ1) is 22.7. The number of thiazole rings is 1. The summed E-state index contributed by atoms with van der Waals surface area (Å²) in [5.41, 5.74) is -0.160. The second-order valence-electron chi connectivity index (χ2n) is 7.09. The lowest BCUT2D eigenvalue weighted by Crippen LogP contribution is -2.41. The number of pyridine rings is 1. The molecule has 0 unspecified atom stereocenters. The van der Waals surface area contributed by atoms with Gasteiger partial charge in [-0.25, -0.2) is 27.2 Å². The Hall–Kier alpha value is -2.47. The molecule has 12 heteroatoms. The molecule has 4 rings (SSSR count). The zero-order valence-electron chi connectivity index (χ0n) is 16.5. The Bertz CT molecular complexity index is 1240. The van der Waals surface area contributed by atoms with Crippen molar-refractivity contribution < 1.29 is 22.0 Å². The van der Waals surface area contributed by atoms with Gasteiger partial charge >= 0.3 is 0 Å². The average molecular weight is 499 g/mol. The van der Waals surface area contributed by atoms with E-state index in [2.05, 4.69) is 15.3 Å². The number of carbonyl (C=O) groups is 1. The van der Waals surface area contributed by atoms with Crippen molar-refractivity contribution in [2.24, 2.45) is 5.92 Å². The van der Waals surface area contributed by atoms with E-state index in [4.69, 9.17) is 11.6 Å². The largest absolute Gasteiger partial charge is 0.302 e. The van der Waals surface area contributed by atoms with Crippen molar-refractivity contribution in [3.63, 3.8) is 0 Å². The number of nitrogens with one attached hydrogen (secondary N) is 1. The maximum absolute atomic E-state index is 14.0. The minimum absolute atomic E-state index is 0.0692. The van der Waals surface area contributed by atoms with Crippen molar-refractivity contribution in [3.8, 4) is 11.3 Å². The monoisotopic (exact) mass is 498 g/mol. The van der Waals surface area contributed by atoms with Gasteiger partial charge in [-0.1, -0.05) is 17.7 Å². The molecule has 0 spiro atoms. The van der Waals surface area contributed by atoms with E-state index in [9.17, 15) is 22.0 Å². The lowest BCUT2D eigenvalue weighted by atomic mass is 9.97. The quantitative estimate of drug-likeness (QED) is 0.533. The fourth-order valence-corrected chi connectivity index (χ4v) is 6.06. The SMILES string of the molecule is O=C(Nc1nc(-c2c(F)cccc2F)cs1)C1CCN(S(=O)(=O)c2cccnc2Cl)CC1. The van der Waals surface area contributed by atoms with Gasteiger partial charge in [0, 0.05) is 30.6 Å². The van der Waals surface area contributed by atoms with Crippen LogP contribution in [0, 0.1) is 17.6 Å². The number of hydrogen-bond acceptors (Lipinski definition) is 6. The first-order valence-corrected chi connectivity index (χ1v) is 12.3. The number of carbonyl (C=O) groups excluding carboxylic acids is 1. The number of halogens is 3. The van der Waals surface area contributed by atoms with Crippen LogP contribution in [0.4, 0.5) is 13.9 Å². The van der Waals surface area contributed by atoms with Gasteiger partial charge in [-0.05, 0) is 37.1 Å². The molecule has 0 saturated carbocycles. The summed E-state index contributed by atoms with van der Waals surface area (Å²) >= 11 is 6.98. The smallest absolute Gasteiger partial charge is 0.246 e. The van der Waals surface area contributed by atoms with E-state index in [-0.39, 0.29) is 45.4 Å². The Morgan fingerprint density at radius 2 is 1.84 bits per heavy atom. The van der Waals surface area contributed by atoms with Gasteiger partial charge in [0.05, 0.1) is 11.3 Å².